The maximum Gasteiger partial charge on any atom is 0.315 e. The Hall–Kier alpha value is -1.88. The number of carbonyl (C=O) groups is 2. The van der Waals surface area contributed by atoms with E-state index >= 15 is 0 Å². The minimum atomic E-state index is -1.21. The molecule has 5 nitrogen and oxygen atoms in total. The number of ketones is 1. The van der Waals surface area contributed by atoms with Gasteiger partial charge in [-0.25, -0.2) is 0 Å². The van der Waals surface area contributed by atoms with E-state index in [0.29, 0.717) is 11.3 Å². The summed E-state index contributed by atoms with van der Waals surface area (Å²) >= 11 is 0. The van der Waals surface area contributed by atoms with Crippen molar-refractivity contribution < 1.29 is 14.7 Å². The number of rotatable bonds is 4. The van der Waals surface area contributed by atoms with Gasteiger partial charge in [0.2, 0.25) is 0 Å². The average molecular weight is 208 g/mol. The lowest BCUT2D eigenvalue weighted by molar-refractivity contribution is -0.139. The smallest absolute Gasteiger partial charge is 0.315 e. The van der Waals surface area contributed by atoms with Gasteiger partial charge in [0.1, 0.15) is 5.92 Å². The topological polar surface area (TPSA) is 106 Å². The number of nitrogens with two attached hydrogens (primary N) is 2. The van der Waals surface area contributed by atoms with Gasteiger partial charge < -0.3 is 16.6 Å². The van der Waals surface area contributed by atoms with Crippen molar-refractivity contribution >= 4 is 17.4 Å². The highest BCUT2D eigenvalue weighted by Crippen LogP contribution is 2.11. The number of carboxylic acid groups (broad SMARTS) is 1. The lowest BCUT2D eigenvalue weighted by atomic mass is 9.98. The summed E-state index contributed by atoms with van der Waals surface area (Å²) in [4.78, 5) is 22.3. The molecule has 5 N–H and O–H groups in total. The van der Waals surface area contributed by atoms with Crippen molar-refractivity contribution in [1.82, 2.24) is 0 Å². The first-order chi connectivity index (χ1) is 7.06. The summed E-state index contributed by atoms with van der Waals surface area (Å²) in [5.74, 6) is -2.89. The molecular weight excluding hydrogens is 196 g/mol. The largest absolute Gasteiger partial charge is 0.481 e. The molecule has 1 unspecified atom stereocenters. The lowest BCUT2D eigenvalue weighted by Crippen LogP contribution is -2.31. The monoisotopic (exact) mass is 208 g/mol. The molecule has 15 heavy (non-hydrogen) atoms. The molecule has 1 aromatic rings. The fraction of sp³-hybridized carbons (Fsp3) is 0.200. The number of benzene rings is 1. The van der Waals surface area contributed by atoms with Crippen molar-refractivity contribution in [3.63, 3.8) is 0 Å². The van der Waals surface area contributed by atoms with Crippen LogP contribution in [0.25, 0.3) is 0 Å². The van der Waals surface area contributed by atoms with E-state index in [0.717, 1.165) is 0 Å². The van der Waals surface area contributed by atoms with E-state index in [1.54, 1.807) is 12.1 Å². The number of hydrogen-bond donors (Lipinski definition) is 3. The summed E-state index contributed by atoms with van der Waals surface area (Å²) in [5, 5.41) is 8.73. The number of hydrogen-bond acceptors (Lipinski definition) is 4. The Morgan fingerprint density at radius 1 is 1.27 bits per heavy atom. The number of carbonyl (C=O) groups excluding carboxylic acids is 1. The molecule has 0 amide bonds. The van der Waals surface area contributed by atoms with Gasteiger partial charge in [0.05, 0.1) is 0 Å². The van der Waals surface area contributed by atoms with Gasteiger partial charge >= 0.3 is 5.97 Å². The number of carboxylic acids is 1. The van der Waals surface area contributed by atoms with Gasteiger partial charge in [-0.05, 0) is 24.3 Å². The third-order valence-corrected chi connectivity index (χ3v) is 2.05. The maximum absolute atomic E-state index is 11.6. The first-order valence-corrected chi connectivity index (χ1v) is 4.39. The molecule has 0 spiro atoms. The SMILES string of the molecule is NCC(C(=O)O)C(=O)c1ccc(N)cc1. The Bertz CT molecular complexity index is 373. The second kappa shape index (κ2) is 4.56. The van der Waals surface area contributed by atoms with Gasteiger partial charge in [0.15, 0.2) is 5.78 Å². The van der Waals surface area contributed by atoms with Crippen molar-refractivity contribution in [2.45, 2.75) is 0 Å². The van der Waals surface area contributed by atoms with E-state index in [9.17, 15) is 9.59 Å². The van der Waals surface area contributed by atoms with Crippen LogP contribution < -0.4 is 11.5 Å². The summed E-state index contributed by atoms with van der Waals surface area (Å²) in [7, 11) is 0. The zero-order chi connectivity index (χ0) is 11.4. The molecule has 0 saturated heterocycles. The number of Topliss-reactive ketones (excluding diaryl/α,β-unsaturated/α-hetero) is 1. The molecule has 1 aromatic carbocycles. The predicted octanol–water partition coefficient (Wildman–Crippen LogP) is 0.111. The summed E-state index contributed by atoms with van der Waals surface area (Å²) < 4.78 is 0. The van der Waals surface area contributed by atoms with Crippen LogP contribution in [0.15, 0.2) is 24.3 Å². The summed E-state index contributed by atoms with van der Waals surface area (Å²) in [6.45, 7) is -0.210. The molecule has 0 aliphatic rings. The van der Waals surface area contributed by atoms with E-state index in [2.05, 4.69) is 0 Å². The molecule has 80 valence electrons. The number of aliphatic carboxylic acids is 1. The van der Waals surface area contributed by atoms with Crippen LogP contribution in [0.2, 0.25) is 0 Å². The van der Waals surface area contributed by atoms with E-state index in [1.165, 1.54) is 12.1 Å². The summed E-state index contributed by atoms with van der Waals surface area (Å²) in [6, 6.07) is 6.07. The molecule has 0 radical (unpaired) electrons. The summed E-state index contributed by atoms with van der Waals surface area (Å²) in [6.07, 6.45) is 0. The minimum Gasteiger partial charge on any atom is -0.481 e. The zero-order valence-corrected chi connectivity index (χ0v) is 8.01. The molecule has 0 bridgehead atoms. The molecule has 0 aliphatic heterocycles. The standard InChI is InChI=1S/C10H12N2O3/c11-5-8(10(14)15)9(13)6-1-3-7(12)4-2-6/h1-4,8H,5,11-12H2,(H,14,15). The van der Waals surface area contributed by atoms with Gasteiger partial charge in [-0.15, -0.1) is 0 Å². The predicted molar refractivity (Wildman–Crippen MR) is 55.4 cm³/mol. The van der Waals surface area contributed by atoms with Crippen LogP contribution in [0.5, 0.6) is 0 Å². The van der Waals surface area contributed by atoms with Crippen molar-refractivity contribution in [2.75, 3.05) is 12.3 Å². The molecule has 1 atom stereocenters. The van der Waals surface area contributed by atoms with Crippen LogP contribution in [0, 0.1) is 5.92 Å². The molecular formula is C10H12N2O3. The van der Waals surface area contributed by atoms with E-state index in [1.807, 2.05) is 0 Å². The maximum atomic E-state index is 11.6. The highest BCUT2D eigenvalue weighted by atomic mass is 16.4. The molecule has 0 aromatic heterocycles. The first-order valence-electron chi connectivity index (χ1n) is 4.39. The van der Waals surface area contributed by atoms with Crippen LogP contribution >= 0.6 is 0 Å². The lowest BCUT2D eigenvalue weighted by Gasteiger charge is -2.08. The fourth-order valence-electron chi connectivity index (χ4n) is 1.17. The Morgan fingerprint density at radius 3 is 2.20 bits per heavy atom. The van der Waals surface area contributed by atoms with Crippen molar-refractivity contribution in [3.05, 3.63) is 29.8 Å². The molecule has 0 fully saturated rings. The molecule has 0 heterocycles. The Labute approximate surface area is 86.7 Å². The quantitative estimate of drug-likeness (QED) is 0.370. The fourth-order valence-corrected chi connectivity index (χ4v) is 1.17. The van der Waals surface area contributed by atoms with Crippen molar-refractivity contribution in [2.24, 2.45) is 11.7 Å². The third kappa shape index (κ3) is 2.54. The van der Waals surface area contributed by atoms with Gasteiger partial charge in [-0.2, -0.15) is 0 Å². The normalized spacial score (nSPS) is 12.1. The zero-order valence-electron chi connectivity index (χ0n) is 8.01. The average Bonchev–Trinajstić information content (AvgIpc) is 2.19. The van der Waals surface area contributed by atoms with Crippen molar-refractivity contribution in [1.29, 1.82) is 0 Å². The van der Waals surface area contributed by atoms with Crippen LogP contribution in [0.4, 0.5) is 5.69 Å². The van der Waals surface area contributed by atoms with Gasteiger partial charge in [-0.1, -0.05) is 0 Å². The van der Waals surface area contributed by atoms with Gasteiger partial charge in [0, 0.05) is 17.8 Å². The van der Waals surface area contributed by atoms with Crippen LogP contribution in [0.1, 0.15) is 10.4 Å². The van der Waals surface area contributed by atoms with Crippen LogP contribution in [0.3, 0.4) is 0 Å². The molecule has 1 rings (SSSR count). The van der Waals surface area contributed by atoms with E-state index < -0.39 is 17.7 Å². The third-order valence-electron chi connectivity index (χ3n) is 2.05. The summed E-state index contributed by atoms with van der Waals surface area (Å²) in [5.41, 5.74) is 11.5. The second-order valence-electron chi connectivity index (χ2n) is 3.11. The van der Waals surface area contributed by atoms with Crippen LogP contribution in [-0.2, 0) is 4.79 Å². The van der Waals surface area contributed by atoms with E-state index in [-0.39, 0.29) is 6.54 Å². The van der Waals surface area contributed by atoms with Gasteiger partial charge in [0.25, 0.3) is 0 Å². The van der Waals surface area contributed by atoms with Gasteiger partial charge in [-0.3, -0.25) is 9.59 Å². The highest BCUT2D eigenvalue weighted by molar-refractivity contribution is 6.08. The molecule has 5 heteroatoms. The number of anilines is 1. The van der Waals surface area contributed by atoms with Crippen molar-refractivity contribution in [3.8, 4) is 0 Å². The van der Waals surface area contributed by atoms with Crippen LogP contribution in [-0.4, -0.2) is 23.4 Å². The highest BCUT2D eigenvalue weighted by Gasteiger charge is 2.25. The number of nitrogen functional groups attached to an aromatic ring is 1. The minimum absolute atomic E-state index is 0.210. The van der Waals surface area contributed by atoms with E-state index in [4.69, 9.17) is 16.6 Å². The Morgan fingerprint density at radius 2 is 1.80 bits per heavy atom. The Kier molecular flexibility index (Phi) is 3.41. The molecule has 0 saturated carbocycles. The Balaban J connectivity index is 2.93. The molecule has 0 aliphatic carbocycles. The second-order valence-corrected chi connectivity index (χ2v) is 3.11. The first kappa shape index (κ1) is 11.2.